The SMILES string of the molecule is CCNC(c1ccc2cc(Br)ccc2c1)C1CCCCC1. The fraction of sp³-hybridized carbons (Fsp3) is 0.474. The Balaban J connectivity index is 1.92. The molecule has 1 fully saturated rings. The lowest BCUT2D eigenvalue weighted by atomic mass is 9.81. The van der Waals surface area contributed by atoms with Crippen LogP contribution in [0.5, 0.6) is 0 Å². The quantitative estimate of drug-likeness (QED) is 0.734. The van der Waals surface area contributed by atoms with Gasteiger partial charge in [0.05, 0.1) is 0 Å². The molecule has 1 saturated carbocycles. The maximum absolute atomic E-state index is 3.74. The zero-order chi connectivity index (χ0) is 14.7. The highest BCUT2D eigenvalue weighted by atomic mass is 79.9. The Labute approximate surface area is 136 Å². The van der Waals surface area contributed by atoms with Gasteiger partial charge in [0.25, 0.3) is 0 Å². The molecule has 0 bridgehead atoms. The minimum Gasteiger partial charge on any atom is -0.310 e. The van der Waals surface area contributed by atoms with Crippen LogP contribution in [0.1, 0.15) is 50.6 Å². The van der Waals surface area contributed by atoms with Crippen LogP contribution in [0.2, 0.25) is 0 Å². The highest BCUT2D eigenvalue weighted by Gasteiger charge is 2.24. The lowest BCUT2D eigenvalue weighted by Crippen LogP contribution is -2.29. The van der Waals surface area contributed by atoms with Crippen LogP contribution in [0, 0.1) is 5.92 Å². The van der Waals surface area contributed by atoms with Crippen molar-refractivity contribution in [1.29, 1.82) is 0 Å². The van der Waals surface area contributed by atoms with Gasteiger partial charge in [-0.2, -0.15) is 0 Å². The van der Waals surface area contributed by atoms with E-state index < -0.39 is 0 Å². The minimum atomic E-state index is 0.517. The fourth-order valence-corrected chi connectivity index (χ4v) is 4.05. The number of hydrogen-bond acceptors (Lipinski definition) is 1. The van der Waals surface area contributed by atoms with Crippen molar-refractivity contribution < 1.29 is 0 Å². The summed E-state index contributed by atoms with van der Waals surface area (Å²) in [6.45, 7) is 3.26. The van der Waals surface area contributed by atoms with Crippen molar-refractivity contribution in [2.45, 2.75) is 45.1 Å². The first kappa shape index (κ1) is 15.1. The predicted octanol–water partition coefficient (Wildman–Crippen LogP) is 5.83. The smallest absolute Gasteiger partial charge is 0.0348 e. The van der Waals surface area contributed by atoms with Crippen LogP contribution in [0.3, 0.4) is 0 Å². The molecule has 0 radical (unpaired) electrons. The largest absolute Gasteiger partial charge is 0.310 e. The Hall–Kier alpha value is -0.860. The van der Waals surface area contributed by atoms with Gasteiger partial charge in [0.15, 0.2) is 0 Å². The highest BCUT2D eigenvalue weighted by Crippen LogP contribution is 2.35. The average molecular weight is 346 g/mol. The Morgan fingerprint density at radius 2 is 1.76 bits per heavy atom. The van der Waals surface area contributed by atoms with Gasteiger partial charge < -0.3 is 5.32 Å². The second kappa shape index (κ2) is 6.93. The number of halogens is 1. The molecule has 1 N–H and O–H groups in total. The highest BCUT2D eigenvalue weighted by molar-refractivity contribution is 9.10. The number of rotatable bonds is 4. The Bertz CT molecular complexity index is 602. The maximum atomic E-state index is 3.74. The molecule has 3 rings (SSSR count). The Morgan fingerprint density at radius 3 is 2.52 bits per heavy atom. The van der Waals surface area contributed by atoms with Crippen LogP contribution >= 0.6 is 15.9 Å². The van der Waals surface area contributed by atoms with Gasteiger partial charge in [0.2, 0.25) is 0 Å². The summed E-state index contributed by atoms with van der Waals surface area (Å²) in [7, 11) is 0. The van der Waals surface area contributed by atoms with E-state index in [-0.39, 0.29) is 0 Å². The fourth-order valence-electron chi connectivity index (χ4n) is 3.67. The third kappa shape index (κ3) is 3.49. The van der Waals surface area contributed by atoms with Gasteiger partial charge in [-0.3, -0.25) is 0 Å². The van der Waals surface area contributed by atoms with Gasteiger partial charge in [-0.05, 0) is 59.8 Å². The van der Waals surface area contributed by atoms with E-state index in [0.717, 1.165) is 16.9 Å². The van der Waals surface area contributed by atoms with E-state index in [1.165, 1.54) is 48.4 Å². The summed E-state index contributed by atoms with van der Waals surface area (Å²) < 4.78 is 1.15. The zero-order valence-corrected chi connectivity index (χ0v) is 14.3. The second-order valence-corrected chi connectivity index (χ2v) is 7.10. The first-order valence-electron chi connectivity index (χ1n) is 8.20. The van der Waals surface area contributed by atoms with Crippen molar-refractivity contribution in [3.63, 3.8) is 0 Å². The van der Waals surface area contributed by atoms with Gasteiger partial charge in [0.1, 0.15) is 0 Å². The molecule has 112 valence electrons. The van der Waals surface area contributed by atoms with Crippen LogP contribution in [-0.2, 0) is 0 Å². The molecule has 2 aromatic rings. The third-order valence-electron chi connectivity index (χ3n) is 4.73. The average Bonchev–Trinajstić information content (AvgIpc) is 2.53. The van der Waals surface area contributed by atoms with Crippen molar-refractivity contribution in [2.24, 2.45) is 5.92 Å². The molecule has 2 aromatic carbocycles. The van der Waals surface area contributed by atoms with Gasteiger partial charge in [-0.15, -0.1) is 0 Å². The van der Waals surface area contributed by atoms with Crippen molar-refractivity contribution in [3.8, 4) is 0 Å². The van der Waals surface area contributed by atoms with Crippen LogP contribution in [0.15, 0.2) is 40.9 Å². The summed E-state index contributed by atoms with van der Waals surface area (Å²) in [6.07, 6.45) is 6.95. The maximum Gasteiger partial charge on any atom is 0.0348 e. The summed E-state index contributed by atoms with van der Waals surface area (Å²) in [5.74, 6) is 0.798. The number of benzene rings is 2. The second-order valence-electron chi connectivity index (χ2n) is 6.18. The molecule has 0 spiro atoms. The topological polar surface area (TPSA) is 12.0 Å². The van der Waals surface area contributed by atoms with Crippen molar-refractivity contribution >= 4 is 26.7 Å². The summed E-state index contributed by atoms with van der Waals surface area (Å²) in [4.78, 5) is 0. The minimum absolute atomic E-state index is 0.517. The lowest BCUT2D eigenvalue weighted by Gasteiger charge is -2.31. The normalized spacial score (nSPS) is 18.0. The van der Waals surface area contributed by atoms with E-state index >= 15 is 0 Å². The summed E-state index contributed by atoms with van der Waals surface area (Å²) in [5, 5.41) is 6.39. The van der Waals surface area contributed by atoms with Crippen LogP contribution in [0.25, 0.3) is 10.8 Å². The van der Waals surface area contributed by atoms with Gasteiger partial charge >= 0.3 is 0 Å². The Kier molecular flexibility index (Phi) is 4.97. The van der Waals surface area contributed by atoms with E-state index in [1.54, 1.807) is 0 Å². The molecule has 1 aliphatic rings. The van der Waals surface area contributed by atoms with Crippen molar-refractivity contribution in [1.82, 2.24) is 5.32 Å². The Morgan fingerprint density at radius 1 is 1.05 bits per heavy atom. The van der Waals surface area contributed by atoms with Crippen LogP contribution in [0.4, 0.5) is 0 Å². The zero-order valence-electron chi connectivity index (χ0n) is 12.7. The molecule has 0 aliphatic heterocycles. The molecule has 1 nitrogen and oxygen atoms in total. The van der Waals surface area contributed by atoms with Crippen LogP contribution in [-0.4, -0.2) is 6.54 Å². The number of hydrogen-bond donors (Lipinski definition) is 1. The summed E-state index contributed by atoms with van der Waals surface area (Å²) >= 11 is 3.55. The molecule has 0 amide bonds. The molecule has 1 unspecified atom stereocenters. The van der Waals surface area contributed by atoms with Gasteiger partial charge in [-0.25, -0.2) is 0 Å². The number of nitrogens with one attached hydrogen (secondary N) is 1. The molecule has 21 heavy (non-hydrogen) atoms. The molecule has 0 heterocycles. The first-order valence-corrected chi connectivity index (χ1v) is 9.00. The van der Waals surface area contributed by atoms with E-state index in [1.807, 2.05) is 0 Å². The van der Waals surface area contributed by atoms with Crippen LogP contribution < -0.4 is 5.32 Å². The van der Waals surface area contributed by atoms with Gasteiger partial charge in [-0.1, -0.05) is 60.3 Å². The monoisotopic (exact) mass is 345 g/mol. The molecule has 0 aromatic heterocycles. The molecule has 0 saturated heterocycles. The summed E-state index contributed by atoms with van der Waals surface area (Å²) in [5.41, 5.74) is 1.46. The molecule has 1 atom stereocenters. The summed E-state index contributed by atoms with van der Waals surface area (Å²) in [6, 6.07) is 14.0. The first-order chi connectivity index (χ1) is 10.3. The van der Waals surface area contributed by atoms with Crippen molar-refractivity contribution in [3.05, 3.63) is 46.4 Å². The van der Waals surface area contributed by atoms with E-state index in [2.05, 4.69) is 64.6 Å². The van der Waals surface area contributed by atoms with E-state index in [9.17, 15) is 0 Å². The third-order valence-corrected chi connectivity index (χ3v) is 5.22. The number of fused-ring (bicyclic) bond motifs is 1. The standard InChI is InChI=1S/C19H24BrN/c1-2-21-19(14-6-4-3-5-7-14)17-9-8-16-13-18(20)11-10-15(16)12-17/h8-14,19,21H,2-7H2,1H3. The van der Waals surface area contributed by atoms with E-state index in [4.69, 9.17) is 0 Å². The molecular weight excluding hydrogens is 322 g/mol. The van der Waals surface area contributed by atoms with E-state index in [0.29, 0.717) is 6.04 Å². The lowest BCUT2D eigenvalue weighted by molar-refractivity contribution is 0.274. The molecule has 1 aliphatic carbocycles. The molecule has 2 heteroatoms. The van der Waals surface area contributed by atoms with Gasteiger partial charge in [0, 0.05) is 10.5 Å². The predicted molar refractivity (Wildman–Crippen MR) is 94.6 cm³/mol. The van der Waals surface area contributed by atoms with Crippen molar-refractivity contribution in [2.75, 3.05) is 6.54 Å². The molecular formula is C19H24BrN.